The first-order valence-corrected chi connectivity index (χ1v) is 11.9. The molecule has 0 saturated heterocycles. The number of rotatable bonds is 6. The van der Waals surface area contributed by atoms with Crippen LogP contribution in [0.4, 0.5) is 14.5 Å². The maximum absolute atomic E-state index is 14.5. The van der Waals surface area contributed by atoms with Crippen molar-refractivity contribution in [1.82, 2.24) is 9.55 Å². The molecule has 0 aliphatic carbocycles. The Bertz CT molecular complexity index is 1540. The Kier molecular flexibility index (Phi) is 7.21. The fraction of sp³-hybridized carbons (Fsp3) is 0.259. The van der Waals surface area contributed by atoms with Crippen LogP contribution in [0.25, 0.3) is 16.7 Å². The molecule has 191 valence electrons. The number of nitrogens with one attached hydrogen (secondary N) is 1. The molecule has 0 amide bonds. The van der Waals surface area contributed by atoms with Gasteiger partial charge in [-0.15, -0.1) is 0 Å². The minimum Gasteiger partial charge on any atom is -0.489 e. The molecule has 3 aromatic carbocycles. The average molecular weight is 530 g/mol. The van der Waals surface area contributed by atoms with Crippen LogP contribution in [0.1, 0.15) is 37.1 Å². The van der Waals surface area contributed by atoms with Crippen LogP contribution in [0.2, 0.25) is 0 Å². The van der Waals surface area contributed by atoms with Crippen LogP contribution in [0, 0.1) is 11.6 Å². The number of carbonyl (C=O) groups excluding carboxylic acids is 1. The number of ether oxygens (including phenoxy) is 4. The van der Waals surface area contributed by atoms with E-state index in [1.807, 2.05) is 30.3 Å². The summed E-state index contributed by atoms with van der Waals surface area (Å²) in [4.78, 5) is 15.6. The Hall–Kier alpha value is -3.34. The fourth-order valence-electron chi connectivity index (χ4n) is 4.84. The zero-order valence-electron chi connectivity index (χ0n) is 21.1. The van der Waals surface area contributed by atoms with Crippen LogP contribution in [0.5, 0.6) is 17.5 Å². The molecule has 1 aromatic heterocycles. The quantitative estimate of drug-likeness (QED) is 0.282. The second-order valence-corrected chi connectivity index (χ2v) is 8.78. The molecule has 11 heteroatoms. The van der Waals surface area contributed by atoms with E-state index in [9.17, 15) is 13.6 Å². The molecule has 0 fully saturated rings. The van der Waals surface area contributed by atoms with Gasteiger partial charge in [0.05, 0.1) is 23.9 Å². The molecule has 4 aromatic rings. The van der Waals surface area contributed by atoms with Crippen LogP contribution in [0.15, 0.2) is 48.5 Å². The number of esters is 1. The van der Waals surface area contributed by atoms with Gasteiger partial charge in [0.2, 0.25) is 0 Å². The van der Waals surface area contributed by atoms with Gasteiger partial charge in [0, 0.05) is 71.5 Å². The topological polar surface area (TPSA) is 83.8 Å². The Morgan fingerprint density at radius 3 is 2.76 bits per heavy atom. The van der Waals surface area contributed by atoms with Crippen molar-refractivity contribution in [3.05, 3.63) is 71.3 Å². The van der Waals surface area contributed by atoms with E-state index in [4.69, 9.17) is 18.9 Å². The largest absolute Gasteiger partial charge is 0.489 e. The van der Waals surface area contributed by atoms with Crippen molar-refractivity contribution in [3.8, 4) is 23.2 Å². The third kappa shape index (κ3) is 4.57. The average Bonchev–Trinajstić information content (AvgIpc) is 3.55. The van der Waals surface area contributed by atoms with E-state index in [-0.39, 0.29) is 65.2 Å². The first-order valence-electron chi connectivity index (χ1n) is 11.9. The van der Waals surface area contributed by atoms with E-state index in [1.54, 1.807) is 17.6 Å². The van der Waals surface area contributed by atoms with E-state index in [2.05, 4.69) is 10.3 Å². The molecule has 3 heterocycles. The van der Waals surface area contributed by atoms with Gasteiger partial charge < -0.3 is 24.3 Å². The molecule has 1 radical (unpaired) electrons. The van der Waals surface area contributed by atoms with Crippen LogP contribution in [-0.4, -0.2) is 64.9 Å². The van der Waals surface area contributed by atoms with Crippen molar-refractivity contribution < 1.29 is 32.5 Å². The second-order valence-electron chi connectivity index (χ2n) is 8.78. The molecular formula is C27H23F2N3NaO5. The third-order valence-corrected chi connectivity index (χ3v) is 6.36. The number of halogens is 2. The Morgan fingerprint density at radius 2 is 1.97 bits per heavy atom. The summed E-state index contributed by atoms with van der Waals surface area (Å²) < 4.78 is 53.0. The van der Waals surface area contributed by atoms with Crippen molar-refractivity contribution in [2.24, 2.45) is 0 Å². The number of aromatic nitrogens is 2. The normalized spacial score (nSPS) is 17.2. The van der Waals surface area contributed by atoms with E-state index in [1.165, 1.54) is 13.0 Å². The molecule has 8 nitrogen and oxygen atoms in total. The smallest absolute Gasteiger partial charge is 0.303 e. The number of fused-ring (bicyclic) bond motifs is 3. The van der Waals surface area contributed by atoms with E-state index < -0.39 is 17.7 Å². The summed E-state index contributed by atoms with van der Waals surface area (Å²) >= 11 is 0. The van der Waals surface area contributed by atoms with Gasteiger partial charge in [-0.1, -0.05) is 12.1 Å². The van der Waals surface area contributed by atoms with Crippen LogP contribution in [0.3, 0.4) is 0 Å². The number of anilines is 1. The van der Waals surface area contributed by atoms with Gasteiger partial charge in [-0.3, -0.25) is 9.36 Å². The monoisotopic (exact) mass is 530 g/mol. The number of benzene rings is 3. The number of hydrogen-bond donors (Lipinski definition) is 1. The number of imidazole rings is 1. The Morgan fingerprint density at radius 1 is 1.13 bits per heavy atom. The summed E-state index contributed by atoms with van der Waals surface area (Å²) in [6.07, 6.45) is -0.418. The summed E-state index contributed by atoms with van der Waals surface area (Å²) in [7, 11) is 0. The molecule has 1 N–H and O–H groups in total. The van der Waals surface area contributed by atoms with Gasteiger partial charge in [0.25, 0.3) is 0 Å². The summed E-state index contributed by atoms with van der Waals surface area (Å²) in [5.41, 5.74) is 3.33. The van der Waals surface area contributed by atoms with E-state index >= 15 is 0 Å². The van der Waals surface area contributed by atoms with Gasteiger partial charge >= 0.3 is 12.0 Å². The van der Waals surface area contributed by atoms with Gasteiger partial charge in [-0.2, -0.15) is 4.98 Å². The van der Waals surface area contributed by atoms with E-state index in [0.29, 0.717) is 30.4 Å². The molecular weight excluding hydrogens is 507 g/mol. The van der Waals surface area contributed by atoms with Crippen molar-refractivity contribution in [1.29, 1.82) is 0 Å². The Labute approximate surface area is 239 Å². The molecule has 38 heavy (non-hydrogen) atoms. The third-order valence-electron chi connectivity index (χ3n) is 6.36. The molecule has 0 unspecified atom stereocenters. The SMILES string of the molecule is CCOc1nc2c(F)cc(F)cc2n1-c1cccc2c1OC[C@H]2Nc1ccc2c(c1)OC[C@H]2OC(C)=O.[Na]. The van der Waals surface area contributed by atoms with Gasteiger partial charge in [0.1, 0.15) is 36.0 Å². The van der Waals surface area contributed by atoms with Gasteiger partial charge in [0.15, 0.2) is 11.9 Å². The molecule has 0 saturated carbocycles. The molecule has 2 atom stereocenters. The van der Waals surface area contributed by atoms with Crippen molar-refractivity contribution in [2.45, 2.75) is 26.0 Å². The molecule has 2 aliphatic heterocycles. The molecule has 0 spiro atoms. The van der Waals surface area contributed by atoms with Crippen LogP contribution in [-0.2, 0) is 9.53 Å². The molecule has 0 bridgehead atoms. The van der Waals surface area contributed by atoms with Gasteiger partial charge in [-0.25, -0.2) is 8.78 Å². The first-order chi connectivity index (χ1) is 17.9. The number of nitrogens with zero attached hydrogens (tertiary/aromatic N) is 2. The van der Waals surface area contributed by atoms with Crippen molar-refractivity contribution in [3.63, 3.8) is 0 Å². The summed E-state index contributed by atoms with van der Waals surface area (Å²) in [5.74, 6) is -0.617. The van der Waals surface area contributed by atoms with Crippen molar-refractivity contribution in [2.75, 3.05) is 25.1 Å². The summed E-state index contributed by atoms with van der Waals surface area (Å²) in [6.45, 7) is 4.07. The maximum Gasteiger partial charge on any atom is 0.303 e. The molecule has 6 rings (SSSR count). The predicted octanol–water partition coefficient (Wildman–Crippen LogP) is 4.86. The Balaban J connectivity index is 0.00000294. The zero-order valence-corrected chi connectivity index (χ0v) is 23.1. The van der Waals surface area contributed by atoms with Crippen molar-refractivity contribution >= 4 is 52.2 Å². The minimum atomic E-state index is -0.766. The second kappa shape index (κ2) is 10.4. The van der Waals surface area contributed by atoms with Gasteiger partial charge in [-0.05, 0) is 25.1 Å². The predicted molar refractivity (Wildman–Crippen MR) is 136 cm³/mol. The fourth-order valence-corrected chi connectivity index (χ4v) is 4.84. The van der Waals surface area contributed by atoms with Crippen LogP contribution < -0.4 is 19.5 Å². The van der Waals surface area contributed by atoms with E-state index in [0.717, 1.165) is 22.9 Å². The number of hydrogen-bond acceptors (Lipinski definition) is 7. The van der Waals surface area contributed by atoms with Crippen LogP contribution >= 0.6 is 0 Å². The summed E-state index contributed by atoms with van der Waals surface area (Å²) in [6, 6.07) is 13.2. The number of carbonyl (C=O) groups is 1. The summed E-state index contributed by atoms with van der Waals surface area (Å²) in [5, 5.41) is 3.46. The first kappa shape index (κ1) is 26.3. The zero-order chi connectivity index (χ0) is 25.7. The molecule has 2 aliphatic rings. The maximum atomic E-state index is 14.5. The number of para-hydroxylation sites is 1. The minimum absolute atomic E-state index is 0. The standard InChI is InChI=1S/C27H23F2N3O5.Na/c1-3-34-27-31-25-19(29)9-15(28)10-22(25)32(27)21-6-4-5-17-20(12-36-26(17)21)30-16-7-8-18-23(11-16)35-13-24(18)37-14(2)33;/h4-11,20,24,30H,3,12-13H2,1-2H3;/t20-,24-;/m1./s1.